The van der Waals surface area contributed by atoms with Crippen LogP contribution in [0.4, 0.5) is 13.2 Å². The summed E-state index contributed by atoms with van der Waals surface area (Å²) in [4.78, 5) is 0. The summed E-state index contributed by atoms with van der Waals surface area (Å²) in [6.07, 6.45) is -9.93. The number of aliphatic hydroxyl groups is 4. The molecule has 3 aromatic rings. The van der Waals surface area contributed by atoms with Gasteiger partial charge in [-0.3, -0.25) is 0 Å². The largest absolute Gasteiger partial charge is 0.416 e. The van der Waals surface area contributed by atoms with Gasteiger partial charge in [-0.15, -0.1) is 0 Å². The summed E-state index contributed by atoms with van der Waals surface area (Å²) < 4.78 is 44.1. The molecule has 186 valence electrons. The Hall–Kier alpha value is -2.75. The maximum absolute atomic E-state index is 12.8. The lowest BCUT2D eigenvalue weighted by Gasteiger charge is -2.40. The van der Waals surface area contributed by atoms with Gasteiger partial charge in [0.05, 0.1) is 12.2 Å². The molecule has 0 radical (unpaired) electrons. The Kier molecular flexibility index (Phi) is 7.30. The zero-order chi connectivity index (χ0) is 25.3. The van der Waals surface area contributed by atoms with Crippen LogP contribution < -0.4 is 0 Å². The highest BCUT2D eigenvalue weighted by Gasteiger charge is 2.44. The number of aryl methyl sites for hydroxylation is 1. The predicted molar refractivity (Wildman–Crippen MR) is 124 cm³/mol. The molecule has 4 rings (SSSR count). The number of halogens is 3. The highest BCUT2D eigenvalue weighted by atomic mass is 19.4. The van der Waals surface area contributed by atoms with Crippen LogP contribution in [-0.4, -0.2) is 51.4 Å². The molecule has 3 aromatic carbocycles. The second-order valence-electron chi connectivity index (χ2n) is 8.88. The lowest BCUT2D eigenvalue weighted by atomic mass is 9.89. The van der Waals surface area contributed by atoms with Crippen LogP contribution in [0.2, 0.25) is 0 Å². The van der Waals surface area contributed by atoms with E-state index in [1.165, 1.54) is 12.1 Å². The van der Waals surface area contributed by atoms with Crippen LogP contribution >= 0.6 is 0 Å². The SMILES string of the molecule is Cc1ccc(C2OC(CO)C(O)C(O)C2O)cc1Cc1ccc(-c2ccc(C(F)(F)F)cc2)cc1. The average Bonchev–Trinajstić information content (AvgIpc) is 2.84. The van der Waals surface area contributed by atoms with Crippen LogP contribution in [0.1, 0.15) is 33.9 Å². The quantitative estimate of drug-likeness (QED) is 0.439. The molecule has 0 saturated carbocycles. The van der Waals surface area contributed by atoms with E-state index in [1.54, 1.807) is 6.07 Å². The molecule has 0 aliphatic carbocycles. The Labute approximate surface area is 201 Å². The number of hydrogen-bond donors (Lipinski definition) is 4. The molecule has 5 atom stereocenters. The zero-order valence-corrected chi connectivity index (χ0v) is 19.0. The fourth-order valence-corrected chi connectivity index (χ4v) is 4.32. The Morgan fingerprint density at radius 2 is 1.40 bits per heavy atom. The van der Waals surface area contributed by atoms with Crippen LogP contribution in [0.15, 0.2) is 66.7 Å². The molecule has 1 saturated heterocycles. The van der Waals surface area contributed by atoms with Gasteiger partial charge in [0, 0.05) is 0 Å². The van der Waals surface area contributed by atoms with Gasteiger partial charge < -0.3 is 25.2 Å². The van der Waals surface area contributed by atoms with Crippen LogP contribution in [0, 0.1) is 6.92 Å². The van der Waals surface area contributed by atoms with E-state index < -0.39 is 48.9 Å². The highest BCUT2D eigenvalue weighted by Crippen LogP contribution is 2.34. The first kappa shape index (κ1) is 25.3. The van der Waals surface area contributed by atoms with Gasteiger partial charge >= 0.3 is 6.18 Å². The molecule has 1 fully saturated rings. The Balaban J connectivity index is 1.52. The molecule has 4 N–H and O–H groups in total. The van der Waals surface area contributed by atoms with Crippen molar-refractivity contribution in [2.45, 2.75) is 50.0 Å². The maximum Gasteiger partial charge on any atom is 0.416 e. The first-order chi connectivity index (χ1) is 16.6. The van der Waals surface area contributed by atoms with Gasteiger partial charge in [0.25, 0.3) is 0 Å². The average molecular weight is 489 g/mol. The normalized spacial score (nSPS) is 25.0. The van der Waals surface area contributed by atoms with Crippen LogP contribution in [0.3, 0.4) is 0 Å². The van der Waals surface area contributed by atoms with E-state index >= 15 is 0 Å². The van der Waals surface area contributed by atoms with Gasteiger partial charge in [-0.25, -0.2) is 0 Å². The van der Waals surface area contributed by atoms with E-state index in [9.17, 15) is 33.6 Å². The number of hydrogen-bond acceptors (Lipinski definition) is 5. The molecule has 0 bridgehead atoms. The summed E-state index contributed by atoms with van der Waals surface area (Å²) in [7, 11) is 0. The molecule has 1 aliphatic heterocycles. The third-order valence-electron chi connectivity index (χ3n) is 6.49. The number of aliphatic hydroxyl groups excluding tert-OH is 4. The van der Waals surface area contributed by atoms with Crippen LogP contribution in [0.25, 0.3) is 11.1 Å². The van der Waals surface area contributed by atoms with Gasteiger partial charge in [0.15, 0.2) is 0 Å². The Bertz CT molecular complexity index is 1140. The van der Waals surface area contributed by atoms with E-state index in [1.807, 2.05) is 43.3 Å². The van der Waals surface area contributed by atoms with Crippen molar-refractivity contribution in [1.29, 1.82) is 0 Å². The number of benzene rings is 3. The fourth-order valence-electron chi connectivity index (χ4n) is 4.32. The zero-order valence-electron chi connectivity index (χ0n) is 19.0. The van der Waals surface area contributed by atoms with Crippen molar-refractivity contribution in [3.8, 4) is 11.1 Å². The first-order valence-corrected chi connectivity index (χ1v) is 11.2. The molecule has 1 heterocycles. The van der Waals surface area contributed by atoms with Crippen molar-refractivity contribution >= 4 is 0 Å². The van der Waals surface area contributed by atoms with Gasteiger partial charge in [0.1, 0.15) is 30.5 Å². The molecular formula is C27H27F3O5. The molecule has 5 unspecified atom stereocenters. The van der Waals surface area contributed by atoms with Crippen LogP contribution in [0.5, 0.6) is 0 Å². The lowest BCUT2D eigenvalue weighted by Crippen LogP contribution is -2.55. The minimum Gasteiger partial charge on any atom is -0.394 e. The molecule has 5 nitrogen and oxygen atoms in total. The summed E-state index contributed by atoms with van der Waals surface area (Å²) in [5.74, 6) is 0. The van der Waals surface area contributed by atoms with Gasteiger partial charge in [-0.1, -0.05) is 54.6 Å². The molecule has 0 amide bonds. The topological polar surface area (TPSA) is 90.2 Å². The summed E-state index contributed by atoms with van der Waals surface area (Å²) in [6.45, 7) is 1.45. The second-order valence-corrected chi connectivity index (χ2v) is 8.88. The van der Waals surface area contributed by atoms with Crippen molar-refractivity contribution in [2.75, 3.05) is 6.61 Å². The fraction of sp³-hybridized carbons (Fsp3) is 0.333. The third-order valence-corrected chi connectivity index (χ3v) is 6.49. The molecule has 1 aliphatic rings. The highest BCUT2D eigenvalue weighted by molar-refractivity contribution is 5.64. The maximum atomic E-state index is 12.8. The van der Waals surface area contributed by atoms with Crippen LogP contribution in [-0.2, 0) is 17.3 Å². The summed E-state index contributed by atoms with van der Waals surface area (Å²) in [5.41, 5.74) is 4.36. The van der Waals surface area contributed by atoms with Gasteiger partial charge in [0.2, 0.25) is 0 Å². The number of rotatable bonds is 5. The molecule has 0 aromatic heterocycles. The first-order valence-electron chi connectivity index (χ1n) is 11.2. The summed E-state index contributed by atoms with van der Waals surface area (Å²) >= 11 is 0. The Morgan fingerprint density at radius 1 is 0.800 bits per heavy atom. The van der Waals surface area contributed by atoms with Crippen molar-refractivity contribution in [1.82, 2.24) is 0 Å². The predicted octanol–water partition coefficient (Wildman–Crippen LogP) is 3.79. The van der Waals surface area contributed by atoms with Gasteiger partial charge in [-0.2, -0.15) is 13.2 Å². The third kappa shape index (κ3) is 5.42. The standard InChI is InChI=1S/C27H27F3O5/c1-15-2-5-19(26-25(34)24(33)23(32)22(14-31)35-26)13-20(15)12-16-3-6-17(7-4-16)18-8-10-21(11-9-18)27(28,29)30/h2-11,13,22-26,31-34H,12,14H2,1H3. The van der Waals surface area contributed by atoms with E-state index in [-0.39, 0.29) is 0 Å². The monoisotopic (exact) mass is 488 g/mol. The minimum atomic E-state index is -4.37. The smallest absolute Gasteiger partial charge is 0.394 e. The summed E-state index contributed by atoms with van der Waals surface area (Å²) in [6, 6.07) is 18.1. The van der Waals surface area contributed by atoms with Crippen molar-refractivity contribution in [2.24, 2.45) is 0 Å². The van der Waals surface area contributed by atoms with E-state index in [4.69, 9.17) is 4.74 Å². The molecular weight excluding hydrogens is 461 g/mol. The van der Waals surface area contributed by atoms with E-state index in [2.05, 4.69) is 0 Å². The minimum absolute atomic E-state index is 0.495. The van der Waals surface area contributed by atoms with E-state index in [0.29, 0.717) is 17.5 Å². The van der Waals surface area contributed by atoms with Crippen molar-refractivity contribution in [3.63, 3.8) is 0 Å². The number of ether oxygens (including phenoxy) is 1. The Morgan fingerprint density at radius 3 is 1.97 bits per heavy atom. The molecule has 35 heavy (non-hydrogen) atoms. The van der Waals surface area contributed by atoms with E-state index in [0.717, 1.165) is 34.4 Å². The number of alkyl halides is 3. The molecule has 0 spiro atoms. The van der Waals surface area contributed by atoms with Gasteiger partial charge in [-0.05, 0) is 58.9 Å². The lowest BCUT2D eigenvalue weighted by molar-refractivity contribution is -0.231. The molecule has 8 heteroatoms. The summed E-state index contributed by atoms with van der Waals surface area (Å²) in [5, 5.41) is 40.0. The van der Waals surface area contributed by atoms with Crippen molar-refractivity contribution < 1.29 is 38.3 Å². The second kappa shape index (κ2) is 10.1. The van der Waals surface area contributed by atoms with Crippen molar-refractivity contribution in [3.05, 3.63) is 94.5 Å².